The van der Waals surface area contributed by atoms with Gasteiger partial charge in [0.25, 0.3) is 0 Å². The lowest BCUT2D eigenvalue weighted by Crippen LogP contribution is -2.24. The van der Waals surface area contributed by atoms with Crippen LogP contribution in [-0.4, -0.2) is 16.4 Å². The topological polar surface area (TPSA) is 37.0 Å². The highest BCUT2D eigenvalue weighted by atomic mass is 79.9. The summed E-state index contributed by atoms with van der Waals surface area (Å²) in [6.45, 7) is 0.951. The molecule has 2 unspecified atom stereocenters. The van der Waals surface area contributed by atoms with Crippen molar-refractivity contribution in [2.75, 3.05) is 6.54 Å². The van der Waals surface area contributed by atoms with E-state index in [1.807, 2.05) is 24.5 Å². The molecule has 1 aromatic heterocycles. The molecule has 1 aliphatic rings. The van der Waals surface area contributed by atoms with Gasteiger partial charge in [0, 0.05) is 23.8 Å². The molecule has 0 aromatic carbocycles. The second-order valence-electron chi connectivity index (χ2n) is 2.80. The van der Waals surface area contributed by atoms with Gasteiger partial charge in [0.15, 0.2) is 0 Å². The maximum atomic E-state index is 3.98. The van der Waals surface area contributed by atoms with Crippen LogP contribution in [0.15, 0.2) is 24.5 Å². The van der Waals surface area contributed by atoms with Gasteiger partial charge in [0.05, 0.1) is 6.04 Å². The Morgan fingerprint density at radius 1 is 1.42 bits per heavy atom. The van der Waals surface area contributed by atoms with Crippen LogP contribution in [0, 0.1) is 0 Å². The number of halogens is 1. The Balaban J connectivity index is 2.19. The van der Waals surface area contributed by atoms with Crippen LogP contribution in [0.25, 0.3) is 0 Å². The molecule has 3 nitrogen and oxygen atoms in total. The third-order valence-corrected chi connectivity index (χ3v) is 2.83. The maximum Gasteiger partial charge on any atom is 0.0601 e. The minimum atomic E-state index is 0.355. The molecule has 2 N–H and O–H groups in total. The van der Waals surface area contributed by atoms with Gasteiger partial charge in [-0.15, -0.1) is 0 Å². The van der Waals surface area contributed by atoms with Gasteiger partial charge in [-0.2, -0.15) is 0 Å². The zero-order valence-electron chi connectivity index (χ0n) is 6.50. The maximum absolute atomic E-state index is 3.98. The highest BCUT2D eigenvalue weighted by molar-refractivity contribution is 9.09. The fourth-order valence-corrected chi connectivity index (χ4v) is 1.94. The Morgan fingerprint density at radius 2 is 2.17 bits per heavy atom. The Hall–Kier alpha value is -0.450. The van der Waals surface area contributed by atoms with E-state index < -0.39 is 0 Å². The molecule has 0 amide bonds. The summed E-state index contributed by atoms with van der Waals surface area (Å²) in [6.07, 6.45) is 3.63. The normalized spacial score (nSPS) is 29.1. The molecular formula is C8H10BrN3. The molecule has 12 heavy (non-hydrogen) atoms. The summed E-state index contributed by atoms with van der Waals surface area (Å²) in [7, 11) is 0. The van der Waals surface area contributed by atoms with Gasteiger partial charge >= 0.3 is 0 Å². The molecule has 0 bridgehead atoms. The van der Waals surface area contributed by atoms with Gasteiger partial charge in [-0.3, -0.25) is 10.4 Å². The number of pyridine rings is 1. The Morgan fingerprint density at radius 3 is 2.75 bits per heavy atom. The van der Waals surface area contributed by atoms with Gasteiger partial charge in [-0.05, 0) is 17.7 Å². The third kappa shape index (κ3) is 1.50. The second kappa shape index (κ2) is 3.51. The molecule has 4 heteroatoms. The van der Waals surface area contributed by atoms with Gasteiger partial charge in [-0.25, -0.2) is 5.43 Å². The van der Waals surface area contributed by atoms with Gasteiger partial charge in [-0.1, -0.05) is 15.9 Å². The highest BCUT2D eigenvalue weighted by Gasteiger charge is 2.25. The summed E-state index contributed by atoms with van der Waals surface area (Å²) >= 11 is 3.60. The Bertz CT molecular complexity index is 252. The predicted octanol–water partition coefficient (Wildman–Crippen LogP) is 0.994. The Kier molecular flexibility index (Phi) is 2.39. The van der Waals surface area contributed by atoms with Crippen LogP contribution in [-0.2, 0) is 0 Å². The summed E-state index contributed by atoms with van der Waals surface area (Å²) < 4.78 is 0. The van der Waals surface area contributed by atoms with Crippen molar-refractivity contribution in [1.29, 1.82) is 0 Å². The zero-order chi connectivity index (χ0) is 8.39. The van der Waals surface area contributed by atoms with Crippen molar-refractivity contribution < 1.29 is 0 Å². The van der Waals surface area contributed by atoms with E-state index in [1.165, 1.54) is 5.56 Å². The molecule has 1 saturated heterocycles. The number of nitrogens with zero attached hydrogens (tertiary/aromatic N) is 1. The first kappa shape index (κ1) is 8.16. The number of hydrazine groups is 1. The summed E-state index contributed by atoms with van der Waals surface area (Å²) in [5, 5.41) is 0. The van der Waals surface area contributed by atoms with E-state index in [9.17, 15) is 0 Å². The average molecular weight is 228 g/mol. The monoisotopic (exact) mass is 227 g/mol. The predicted molar refractivity (Wildman–Crippen MR) is 50.8 cm³/mol. The number of rotatable bonds is 1. The van der Waals surface area contributed by atoms with Gasteiger partial charge in [0.2, 0.25) is 0 Å². The summed E-state index contributed by atoms with van der Waals surface area (Å²) in [5.41, 5.74) is 7.56. The number of nitrogens with one attached hydrogen (secondary N) is 2. The van der Waals surface area contributed by atoms with E-state index in [2.05, 4.69) is 31.8 Å². The molecule has 2 atom stereocenters. The van der Waals surface area contributed by atoms with Crippen LogP contribution in [0.2, 0.25) is 0 Å². The van der Waals surface area contributed by atoms with Crippen molar-refractivity contribution in [3.05, 3.63) is 30.1 Å². The van der Waals surface area contributed by atoms with E-state index in [0.717, 1.165) is 6.54 Å². The number of aromatic nitrogens is 1. The third-order valence-electron chi connectivity index (χ3n) is 1.98. The highest BCUT2D eigenvalue weighted by Crippen LogP contribution is 2.23. The van der Waals surface area contributed by atoms with Crippen LogP contribution >= 0.6 is 15.9 Å². The van der Waals surface area contributed by atoms with Crippen molar-refractivity contribution in [2.45, 2.75) is 10.9 Å². The van der Waals surface area contributed by atoms with E-state index in [0.29, 0.717) is 10.9 Å². The lowest BCUT2D eigenvalue weighted by atomic mass is 10.1. The van der Waals surface area contributed by atoms with E-state index in [-0.39, 0.29) is 0 Å². The van der Waals surface area contributed by atoms with Gasteiger partial charge in [0.1, 0.15) is 0 Å². The van der Waals surface area contributed by atoms with Crippen molar-refractivity contribution in [2.24, 2.45) is 0 Å². The van der Waals surface area contributed by atoms with Crippen molar-refractivity contribution in [1.82, 2.24) is 15.8 Å². The molecule has 1 fully saturated rings. The van der Waals surface area contributed by atoms with Crippen molar-refractivity contribution in [3.8, 4) is 0 Å². The largest absolute Gasteiger partial charge is 0.265 e. The fourth-order valence-electron chi connectivity index (χ4n) is 1.34. The van der Waals surface area contributed by atoms with Crippen LogP contribution in [0.3, 0.4) is 0 Å². The standard InChI is InChI=1S/C8H10BrN3/c9-7-5-11-12-8(7)6-1-3-10-4-2-6/h1-4,7-8,11-12H,5H2. The molecule has 0 spiro atoms. The first-order chi connectivity index (χ1) is 5.88. The summed E-state index contributed by atoms with van der Waals surface area (Å²) in [6, 6.07) is 4.41. The van der Waals surface area contributed by atoms with E-state index in [1.54, 1.807) is 0 Å². The zero-order valence-corrected chi connectivity index (χ0v) is 8.08. The number of hydrogen-bond donors (Lipinski definition) is 2. The fraction of sp³-hybridized carbons (Fsp3) is 0.375. The SMILES string of the molecule is BrC1CNNC1c1ccncc1. The molecule has 2 heterocycles. The number of alkyl halides is 1. The summed E-state index contributed by atoms with van der Waals surface area (Å²) in [5.74, 6) is 0. The second-order valence-corrected chi connectivity index (χ2v) is 3.98. The minimum Gasteiger partial charge on any atom is -0.265 e. The molecule has 0 aliphatic carbocycles. The summed E-state index contributed by atoms with van der Waals surface area (Å²) in [4.78, 5) is 4.44. The van der Waals surface area contributed by atoms with Crippen LogP contribution in [0.4, 0.5) is 0 Å². The molecular weight excluding hydrogens is 218 g/mol. The Labute approximate surface area is 79.7 Å². The van der Waals surface area contributed by atoms with E-state index >= 15 is 0 Å². The average Bonchev–Trinajstić information content (AvgIpc) is 2.53. The quantitative estimate of drug-likeness (QED) is 0.704. The molecule has 64 valence electrons. The van der Waals surface area contributed by atoms with Crippen LogP contribution in [0.1, 0.15) is 11.6 Å². The minimum absolute atomic E-state index is 0.355. The van der Waals surface area contributed by atoms with Crippen molar-refractivity contribution >= 4 is 15.9 Å². The van der Waals surface area contributed by atoms with Crippen molar-refractivity contribution in [3.63, 3.8) is 0 Å². The lowest BCUT2D eigenvalue weighted by Gasteiger charge is -2.12. The molecule has 0 radical (unpaired) electrons. The first-order valence-corrected chi connectivity index (χ1v) is 4.82. The number of hydrogen-bond acceptors (Lipinski definition) is 3. The smallest absolute Gasteiger partial charge is 0.0601 e. The molecule has 1 aromatic rings. The molecule has 1 aliphatic heterocycles. The van der Waals surface area contributed by atoms with Gasteiger partial charge < -0.3 is 0 Å². The van der Waals surface area contributed by atoms with E-state index in [4.69, 9.17) is 0 Å². The van der Waals surface area contributed by atoms with Crippen LogP contribution in [0.5, 0.6) is 0 Å². The lowest BCUT2D eigenvalue weighted by molar-refractivity contribution is 0.585. The van der Waals surface area contributed by atoms with Crippen LogP contribution < -0.4 is 10.9 Å². The molecule has 2 rings (SSSR count). The molecule has 0 saturated carbocycles. The first-order valence-electron chi connectivity index (χ1n) is 3.90.